The zero-order valence-electron chi connectivity index (χ0n) is 10.7. The van der Waals surface area contributed by atoms with Crippen molar-refractivity contribution in [3.8, 4) is 0 Å². The Morgan fingerprint density at radius 1 is 1.26 bits per heavy atom. The van der Waals surface area contributed by atoms with Gasteiger partial charge in [-0.2, -0.15) is 12.7 Å². The number of nitrogens with zero attached hydrogens (tertiary/aromatic N) is 2. The third-order valence-corrected chi connectivity index (χ3v) is 4.64. The average molecular weight is 283 g/mol. The molecule has 6 nitrogen and oxygen atoms in total. The second kappa shape index (κ2) is 5.58. The van der Waals surface area contributed by atoms with Gasteiger partial charge in [-0.05, 0) is 37.5 Å². The Kier molecular flexibility index (Phi) is 4.06. The van der Waals surface area contributed by atoms with Crippen LogP contribution in [0.15, 0.2) is 29.4 Å². The number of benzene rings is 1. The van der Waals surface area contributed by atoms with Gasteiger partial charge in [-0.15, -0.1) is 0 Å². The molecule has 0 amide bonds. The van der Waals surface area contributed by atoms with Gasteiger partial charge in [-0.1, -0.05) is 17.3 Å². The first-order chi connectivity index (χ1) is 9.03. The molecule has 0 atom stereocenters. The number of hydrogen-bond donors (Lipinski definition) is 2. The van der Waals surface area contributed by atoms with Gasteiger partial charge in [0.1, 0.15) is 0 Å². The molecule has 1 aromatic carbocycles. The molecule has 7 heteroatoms. The molecule has 1 saturated heterocycles. The number of anilines is 1. The third-order valence-electron chi connectivity index (χ3n) is 3.10. The SMILES string of the molecule is C/C(=N\O)c1ccc(NS(=O)(=O)N2CCCC2)cc1. The molecule has 19 heavy (non-hydrogen) atoms. The second-order valence-corrected chi connectivity index (χ2v) is 6.15. The molecule has 0 saturated carbocycles. The number of nitrogens with one attached hydrogen (secondary N) is 1. The maximum absolute atomic E-state index is 12.0. The van der Waals surface area contributed by atoms with Crippen LogP contribution in [0.5, 0.6) is 0 Å². The van der Waals surface area contributed by atoms with Crippen LogP contribution in [-0.2, 0) is 10.2 Å². The van der Waals surface area contributed by atoms with Crippen LogP contribution in [0.1, 0.15) is 25.3 Å². The van der Waals surface area contributed by atoms with Crippen LogP contribution < -0.4 is 4.72 Å². The highest BCUT2D eigenvalue weighted by atomic mass is 32.2. The van der Waals surface area contributed by atoms with E-state index in [1.807, 2.05) is 0 Å². The van der Waals surface area contributed by atoms with E-state index in [-0.39, 0.29) is 0 Å². The summed E-state index contributed by atoms with van der Waals surface area (Å²) in [5, 5.41) is 11.8. The molecule has 1 aliphatic heterocycles. The Morgan fingerprint density at radius 2 is 1.84 bits per heavy atom. The third kappa shape index (κ3) is 3.24. The lowest BCUT2D eigenvalue weighted by Crippen LogP contribution is -2.33. The lowest BCUT2D eigenvalue weighted by molar-refractivity contribution is 0.319. The van der Waals surface area contributed by atoms with Crippen molar-refractivity contribution in [3.63, 3.8) is 0 Å². The largest absolute Gasteiger partial charge is 0.411 e. The first kappa shape index (κ1) is 13.8. The maximum Gasteiger partial charge on any atom is 0.301 e. The minimum atomic E-state index is -3.45. The van der Waals surface area contributed by atoms with Crippen LogP contribution in [0.2, 0.25) is 0 Å². The van der Waals surface area contributed by atoms with Crippen molar-refractivity contribution < 1.29 is 13.6 Å². The Labute approximate surface area is 112 Å². The van der Waals surface area contributed by atoms with E-state index >= 15 is 0 Å². The predicted molar refractivity (Wildman–Crippen MR) is 73.8 cm³/mol. The van der Waals surface area contributed by atoms with Gasteiger partial charge >= 0.3 is 10.2 Å². The first-order valence-electron chi connectivity index (χ1n) is 6.10. The van der Waals surface area contributed by atoms with E-state index < -0.39 is 10.2 Å². The second-order valence-electron chi connectivity index (χ2n) is 4.48. The van der Waals surface area contributed by atoms with Crippen molar-refractivity contribution in [2.45, 2.75) is 19.8 Å². The fraction of sp³-hybridized carbons (Fsp3) is 0.417. The van der Waals surface area contributed by atoms with Crippen molar-refractivity contribution in [3.05, 3.63) is 29.8 Å². The molecule has 0 spiro atoms. The summed E-state index contributed by atoms with van der Waals surface area (Å²) in [5.41, 5.74) is 1.72. The Bertz CT molecular complexity index is 560. The van der Waals surface area contributed by atoms with Crippen molar-refractivity contribution in [2.24, 2.45) is 5.16 Å². The Morgan fingerprint density at radius 3 is 2.37 bits per heavy atom. The van der Waals surface area contributed by atoms with Crippen LogP contribution >= 0.6 is 0 Å². The fourth-order valence-corrected chi connectivity index (χ4v) is 3.28. The van der Waals surface area contributed by atoms with Crippen molar-refractivity contribution in [1.82, 2.24) is 4.31 Å². The summed E-state index contributed by atoms with van der Waals surface area (Å²) in [6.45, 7) is 2.82. The number of oxime groups is 1. The summed E-state index contributed by atoms with van der Waals surface area (Å²) >= 11 is 0. The minimum Gasteiger partial charge on any atom is -0.411 e. The normalized spacial score (nSPS) is 17.6. The van der Waals surface area contributed by atoms with Gasteiger partial charge in [0.2, 0.25) is 0 Å². The van der Waals surface area contributed by atoms with E-state index in [2.05, 4.69) is 9.88 Å². The lowest BCUT2D eigenvalue weighted by Gasteiger charge is -2.16. The molecule has 0 unspecified atom stereocenters. The first-order valence-corrected chi connectivity index (χ1v) is 7.54. The molecular formula is C12H17N3O3S. The summed E-state index contributed by atoms with van der Waals surface area (Å²) in [7, 11) is -3.45. The topological polar surface area (TPSA) is 82.0 Å². The van der Waals surface area contributed by atoms with E-state index in [4.69, 9.17) is 5.21 Å². The molecule has 1 aromatic rings. The van der Waals surface area contributed by atoms with Gasteiger partial charge in [0.05, 0.1) is 5.71 Å². The van der Waals surface area contributed by atoms with Gasteiger partial charge in [0.25, 0.3) is 0 Å². The standard InChI is InChI=1S/C12H17N3O3S/c1-10(13-16)11-4-6-12(7-5-11)14-19(17,18)15-8-2-3-9-15/h4-7,14,16H,2-3,8-9H2,1H3/b13-10+. The van der Waals surface area contributed by atoms with Crippen LogP contribution in [-0.4, -0.2) is 36.7 Å². The van der Waals surface area contributed by atoms with Gasteiger partial charge in [-0.25, -0.2) is 0 Å². The van der Waals surface area contributed by atoms with Crippen molar-refractivity contribution >= 4 is 21.6 Å². The monoisotopic (exact) mass is 283 g/mol. The summed E-state index contributed by atoms with van der Waals surface area (Å²) in [5.74, 6) is 0. The highest BCUT2D eigenvalue weighted by Crippen LogP contribution is 2.17. The molecule has 1 heterocycles. The van der Waals surface area contributed by atoms with E-state index in [0.29, 0.717) is 24.5 Å². The summed E-state index contributed by atoms with van der Waals surface area (Å²) < 4.78 is 28.0. The van der Waals surface area contributed by atoms with E-state index in [9.17, 15) is 8.42 Å². The lowest BCUT2D eigenvalue weighted by atomic mass is 10.1. The molecule has 0 aromatic heterocycles. The molecule has 2 rings (SSSR count). The zero-order valence-corrected chi connectivity index (χ0v) is 11.5. The highest BCUT2D eigenvalue weighted by molar-refractivity contribution is 7.90. The van der Waals surface area contributed by atoms with Gasteiger partial charge in [-0.3, -0.25) is 4.72 Å². The predicted octanol–water partition coefficient (Wildman–Crippen LogP) is 1.64. The van der Waals surface area contributed by atoms with Gasteiger partial charge in [0.15, 0.2) is 0 Å². The molecular weight excluding hydrogens is 266 g/mol. The number of hydrogen-bond acceptors (Lipinski definition) is 4. The number of rotatable bonds is 4. The molecule has 0 radical (unpaired) electrons. The molecule has 0 aliphatic carbocycles. The quantitative estimate of drug-likeness (QED) is 0.500. The minimum absolute atomic E-state index is 0.481. The van der Waals surface area contributed by atoms with E-state index in [1.165, 1.54) is 4.31 Å². The summed E-state index contributed by atoms with van der Waals surface area (Å²) in [6.07, 6.45) is 1.82. The maximum atomic E-state index is 12.0. The van der Waals surface area contributed by atoms with Crippen LogP contribution in [0.3, 0.4) is 0 Å². The summed E-state index contributed by atoms with van der Waals surface area (Å²) in [4.78, 5) is 0. The Balaban J connectivity index is 2.11. The van der Waals surface area contributed by atoms with Gasteiger partial charge < -0.3 is 5.21 Å². The van der Waals surface area contributed by atoms with E-state index in [1.54, 1.807) is 31.2 Å². The van der Waals surface area contributed by atoms with Crippen molar-refractivity contribution in [2.75, 3.05) is 17.8 Å². The molecule has 2 N–H and O–H groups in total. The zero-order chi connectivity index (χ0) is 13.9. The molecule has 0 bridgehead atoms. The average Bonchev–Trinajstić information content (AvgIpc) is 2.93. The van der Waals surface area contributed by atoms with E-state index in [0.717, 1.165) is 18.4 Å². The Hall–Kier alpha value is -1.60. The van der Waals surface area contributed by atoms with Crippen LogP contribution in [0.25, 0.3) is 0 Å². The highest BCUT2D eigenvalue weighted by Gasteiger charge is 2.24. The van der Waals surface area contributed by atoms with Gasteiger partial charge in [0, 0.05) is 18.8 Å². The molecule has 1 aliphatic rings. The summed E-state index contributed by atoms with van der Waals surface area (Å²) in [6, 6.07) is 6.71. The smallest absolute Gasteiger partial charge is 0.301 e. The fourth-order valence-electron chi connectivity index (χ4n) is 1.98. The van der Waals surface area contributed by atoms with Crippen LogP contribution in [0, 0.1) is 0 Å². The van der Waals surface area contributed by atoms with Crippen molar-refractivity contribution in [1.29, 1.82) is 0 Å². The molecule has 1 fully saturated rings. The molecule has 104 valence electrons. The van der Waals surface area contributed by atoms with Crippen LogP contribution in [0.4, 0.5) is 5.69 Å².